The van der Waals surface area contributed by atoms with E-state index in [1.54, 1.807) is 36.4 Å². The van der Waals surface area contributed by atoms with Crippen molar-refractivity contribution in [3.63, 3.8) is 0 Å². The predicted octanol–water partition coefficient (Wildman–Crippen LogP) is 3.84. The van der Waals surface area contributed by atoms with Crippen molar-refractivity contribution in [1.29, 1.82) is 0 Å². The zero-order valence-corrected chi connectivity index (χ0v) is 12.1. The van der Waals surface area contributed by atoms with Crippen molar-refractivity contribution in [2.45, 2.75) is 0 Å². The van der Waals surface area contributed by atoms with E-state index in [1.165, 1.54) is 7.11 Å². The molecule has 104 valence electrons. The van der Waals surface area contributed by atoms with Crippen molar-refractivity contribution in [1.82, 2.24) is 0 Å². The lowest BCUT2D eigenvalue weighted by atomic mass is 10.1. The highest BCUT2D eigenvalue weighted by Crippen LogP contribution is 2.31. The topological polar surface area (TPSA) is 64.3 Å². The minimum absolute atomic E-state index is 0.260. The lowest BCUT2D eigenvalue weighted by molar-refractivity contribution is 0.102. The molecule has 6 heteroatoms. The molecule has 0 radical (unpaired) electrons. The third kappa shape index (κ3) is 2.81. The Labute approximate surface area is 126 Å². The van der Waals surface area contributed by atoms with E-state index >= 15 is 0 Å². The number of hydrogen-bond acceptors (Lipinski definition) is 3. The van der Waals surface area contributed by atoms with Crippen LogP contribution in [0.4, 0.5) is 11.4 Å². The number of para-hydroxylation sites is 2. The van der Waals surface area contributed by atoms with Gasteiger partial charge in [-0.15, -0.1) is 0 Å². The smallest absolute Gasteiger partial charge is 0.257 e. The van der Waals surface area contributed by atoms with Gasteiger partial charge >= 0.3 is 0 Å². The van der Waals surface area contributed by atoms with Gasteiger partial charge in [-0.25, -0.2) is 0 Å². The van der Waals surface area contributed by atoms with Gasteiger partial charge in [-0.1, -0.05) is 35.3 Å². The lowest BCUT2D eigenvalue weighted by Crippen LogP contribution is -2.15. The summed E-state index contributed by atoms with van der Waals surface area (Å²) in [7, 11) is 1.48. The summed E-state index contributed by atoms with van der Waals surface area (Å²) in [5, 5.41) is 3.36. The number of rotatable bonds is 3. The van der Waals surface area contributed by atoms with Crippen molar-refractivity contribution in [2.24, 2.45) is 0 Å². The third-order valence-corrected chi connectivity index (χ3v) is 3.36. The summed E-state index contributed by atoms with van der Waals surface area (Å²) in [6.45, 7) is 0. The monoisotopic (exact) mass is 310 g/mol. The van der Waals surface area contributed by atoms with Crippen LogP contribution in [0.5, 0.6) is 5.75 Å². The highest BCUT2D eigenvalue weighted by atomic mass is 35.5. The molecule has 1 amide bonds. The van der Waals surface area contributed by atoms with Gasteiger partial charge in [0.05, 0.1) is 34.1 Å². The highest BCUT2D eigenvalue weighted by Gasteiger charge is 2.15. The molecule has 0 bridgehead atoms. The molecule has 4 nitrogen and oxygen atoms in total. The van der Waals surface area contributed by atoms with Crippen LogP contribution in [0.25, 0.3) is 0 Å². The first-order valence-electron chi connectivity index (χ1n) is 5.72. The maximum absolute atomic E-state index is 12.2. The number of amides is 1. The first kappa shape index (κ1) is 14.5. The average molecular weight is 311 g/mol. The Morgan fingerprint density at radius 1 is 1.15 bits per heavy atom. The van der Waals surface area contributed by atoms with Crippen LogP contribution < -0.4 is 15.8 Å². The van der Waals surface area contributed by atoms with Crippen LogP contribution >= 0.6 is 23.2 Å². The van der Waals surface area contributed by atoms with Crippen LogP contribution in [-0.2, 0) is 0 Å². The fraction of sp³-hybridized carbons (Fsp3) is 0.0714. The number of carbonyl (C=O) groups is 1. The van der Waals surface area contributed by atoms with Gasteiger partial charge in [-0.2, -0.15) is 0 Å². The van der Waals surface area contributed by atoms with Gasteiger partial charge in [-0.05, 0) is 24.3 Å². The molecule has 2 aromatic carbocycles. The Hall–Kier alpha value is -1.91. The van der Waals surface area contributed by atoms with E-state index < -0.39 is 5.91 Å². The molecule has 0 aliphatic rings. The minimum Gasteiger partial charge on any atom is -0.495 e. The van der Waals surface area contributed by atoms with E-state index in [9.17, 15) is 4.79 Å². The van der Waals surface area contributed by atoms with Crippen LogP contribution in [-0.4, -0.2) is 13.0 Å². The minimum atomic E-state index is -0.406. The van der Waals surface area contributed by atoms with E-state index in [0.717, 1.165) is 0 Å². The van der Waals surface area contributed by atoms with Crippen LogP contribution in [0, 0.1) is 0 Å². The van der Waals surface area contributed by atoms with Crippen LogP contribution in [0.2, 0.25) is 10.0 Å². The zero-order valence-electron chi connectivity index (χ0n) is 10.6. The second-order valence-corrected chi connectivity index (χ2v) is 4.79. The van der Waals surface area contributed by atoms with Crippen molar-refractivity contribution in [3.05, 3.63) is 52.0 Å². The van der Waals surface area contributed by atoms with Gasteiger partial charge in [0.25, 0.3) is 5.91 Å². The maximum Gasteiger partial charge on any atom is 0.257 e. The van der Waals surface area contributed by atoms with Gasteiger partial charge in [0.15, 0.2) is 0 Å². The Kier molecular flexibility index (Phi) is 4.37. The number of hydrogen-bond donors (Lipinski definition) is 2. The van der Waals surface area contributed by atoms with Crippen LogP contribution in [0.15, 0.2) is 36.4 Å². The zero-order chi connectivity index (χ0) is 14.7. The second-order valence-electron chi connectivity index (χ2n) is 3.97. The fourth-order valence-corrected chi connectivity index (χ4v) is 2.21. The Morgan fingerprint density at radius 3 is 2.35 bits per heavy atom. The number of halogens is 2. The standard InChI is InChI=1S/C14H12Cl2N2O2/c1-20-11-7-2-4-8(12(11)17)14(19)18-13-9(15)5-3-6-10(13)16/h2-7H,17H2,1H3,(H,18,19). The first-order valence-corrected chi connectivity index (χ1v) is 6.48. The number of benzene rings is 2. The maximum atomic E-state index is 12.2. The molecule has 3 N–H and O–H groups in total. The molecule has 0 heterocycles. The molecule has 0 saturated heterocycles. The van der Waals surface area contributed by atoms with Crippen molar-refractivity contribution < 1.29 is 9.53 Å². The molecular weight excluding hydrogens is 299 g/mol. The number of anilines is 2. The van der Waals surface area contributed by atoms with Crippen LogP contribution in [0.1, 0.15) is 10.4 Å². The molecule has 0 aliphatic carbocycles. The van der Waals surface area contributed by atoms with Gasteiger partial charge < -0.3 is 15.8 Å². The van der Waals surface area contributed by atoms with E-state index in [4.69, 9.17) is 33.7 Å². The van der Waals surface area contributed by atoms with Gasteiger partial charge in [-0.3, -0.25) is 4.79 Å². The number of nitrogens with one attached hydrogen (secondary N) is 1. The van der Waals surface area contributed by atoms with Crippen molar-refractivity contribution in [2.75, 3.05) is 18.2 Å². The fourth-order valence-electron chi connectivity index (χ4n) is 1.72. The van der Waals surface area contributed by atoms with E-state index in [2.05, 4.69) is 5.32 Å². The quantitative estimate of drug-likeness (QED) is 0.847. The van der Waals surface area contributed by atoms with Crippen molar-refractivity contribution in [3.8, 4) is 5.75 Å². The summed E-state index contributed by atoms with van der Waals surface area (Å²) >= 11 is 12.0. The summed E-state index contributed by atoms with van der Waals surface area (Å²) in [6.07, 6.45) is 0. The summed E-state index contributed by atoms with van der Waals surface area (Å²) in [5.74, 6) is 0.0271. The molecular formula is C14H12Cl2N2O2. The number of carbonyl (C=O) groups excluding carboxylic acids is 1. The molecule has 0 fully saturated rings. The van der Waals surface area contributed by atoms with Gasteiger partial charge in [0, 0.05) is 0 Å². The molecule has 0 aromatic heterocycles. The lowest BCUT2D eigenvalue weighted by Gasteiger charge is -2.12. The van der Waals surface area contributed by atoms with E-state index in [1.807, 2.05) is 0 Å². The predicted molar refractivity (Wildman–Crippen MR) is 81.8 cm³/mol. The largest absolute Gasteiger partial charge is 0.495 e. The van der Waals surface area contributed by atoms with E-state index in [-0.39, 0.29) is 5.69 Å². The molecule has 0 spiro atoms. The molecule has 0 unspecified atom stereocenters. The highest BCUT2D eigenvalue weighted by molar-refractivity contribution is 6.40. The molecule has 20 heavy (non-hydrogen) atoms. The van der Waals surface area contributed by atoms with Gasteiger partial charge in [0.1, 0.15) is 5.75 Å². The van der Waals surface area contributed by atoms with E-state index in [0.29, 0.717) is 27.0 Å². The normalized spacial score (nSPS) is 10.2. The van der Waals surface area contributed by atoms with Crippen molar-refractivity contribution >= 4 is 40.5 Å². The summed E-state index contributed by atoms with van der Waals surface area (Å²) in [5.41, 5.74) is 6.77. The third-order valence-electron chi connectivity index (χ3n) is 2.73. The first-order chi connectivity index (χ1) is 9.54. The van der Waals surface area contributed by atoms with Gasteiger partial charge in [0.2, 0.25) is 0 Å². The Bertz CT molecular complexity index is 639. The molecule has 2 rings (SSSR count). The number of methoxy groups -OCH3 is 1. The molecule has 2 aromatic rings. The summed E-state index contributed by atoms with van der Waals surface area (Å²) in [6, 6.07) is 9.92. The van der Waals surface area contributed by atoms with Crippen LogP contribution in [0.3, 0.4) is 0 Å². The molecule has 0 saturated carbocycles. The SMILES string of the molecule is COc1cccc(C(=O)Nc2c(Cl)cccc2Cl)c1N. The number of nitrogen functional groups attached to an aromatic ring is 1. The average Bonchev–Trinajstić information content (AvgIpc) is 2.43. The summed E-state index contributed by atoms with van der Waals surface area (Å²) in [4.78, 5) is 12.2. The summed E-state index contributed by atoms with van der Waals surface area (Å²) < 4.78 is 5.08. The Morgan fingerprint density at radius 2 is 1.75 bits per heavy atom. The Balaban J connectivity index is 2.34. The number of ether oxygens (including phenoxy) is 1. The number of nitrogens with two attached hydrogens (primary N) is 1. The molecule has 0 atom stereocenters. The second kappa shape index (κ2) is 6.03. The molecule has 0 aliphatic heterocycles.